The number of rotatable bonds is 5. The first-order chi connectivity index (χ1) is 8.68. The molecule has 18 heavy (non-hydrogen) atoms. The highest BCUT2D eigenvalue weighted by atomic mass is 16.5. The second kappa shape index (κ2) is 5.80. The molecule has 100 valence electrons. The molecule has 0 saturated carbocycles. The van der Waals surface area contributed by atoms with E-state index in [2.05, 4.69) is 4.90 Å². The third kappa shape index (κ3) is 2.90. The van der Waals surface area contributed by atoms with Crippen molar-refractivity contribution in [1.82, 2.24) is 4.90 Å². The van der Waals surface area contributed by atoms with Crippen LogP contribution in [0.25, 0.3) is 0 Å². The molecule has 2 rings (SSSR count). The first-order valence-corrected chi connectivity index (χ1v) is 6.38. The third-order valence-electron chi connectivity index (χ3n) is 3.70. The van der Waals surface area contributed by atoms with Crippen LogP contribution >= 0.6 is 0 Å². The van der Waals surface area contributed by atoms with Gasteiger partial charge in [-0.05, 0) is 12.0 Å². The SMILES string of the molecule is COC1CCN(CC(N)(CO)c2ccccc2)C1. The van der Waals surface area contributed by atoms with E-state index in [1.165, 1.54) is 0 Å². The molecule has 1 fully saturated rings. The predicted octanol–water partition coefficient (Wildman–Crippen LogP) is 0.554. The standard InChI is InChI=1S/C14H22N2O2/c1-18-13-7-8-16(9-13)10-14(15,11-17)12-5-3-2-4-6-12/h2-6,13,17H,7-11,15H2,1H3. The predicted molar refractivity (Wildman–Crippen MR) is 71.2 cm³/mol. The van der Waals surface area contributed by atoms with Crippen molar-refractivity contribution < 1.29 is 9.84 Å². The van der Waals surface area contributed by atoms with Gasteiger partial charge in [-0.2, -0.15) is 0 Å². The zero-order valence-electron chi connectivity index (χ0n) is 10.9. The number of nitrogens with two attached hydrogens (primary N) is 1. The fourth-order valence-electron chi connectivity index (χ4n) is 2.53. The molecule has 1 saturated heterocycles. The summed E-state index contributed by atoms with van der Waals surface area (Å²) in [5.74, 6) is 0. The highest BCUT2D eigenvalue weighted by molar-refractivity contribution is 5.24. The Balaban J connectivity index is 2.05. The second-order valence-corrected chi connectivity index (χ2v) is 5.06. The van der Waals surface area contributed by atoms with Crippen molar-refractivity contribution >= 4 is 0 Å². The quantitative estimate of drug-likeness (QED) is 0.801. The van der Waals surface area contributed by atoms with Crippen molar-refractivity contribution in [2.45, 2.75) is 18.1 Å². The molecule has 0 radical (unpaired) electrons. The summed E-state index contributed by atoms with van der Waals surface area (Å²) in [5.41, 5.74) is 6.64. The van der Waals surface area contributed by atoms with Gasteiger partial charge in [0.05, 0.1) is 18.2 Å². The van der Waals surface area contributed by atoms with Crippen LogP contribution in [0.1, 0.15) is 12.0 Å². The van der Waals surface area contributed by atoms with Crippen LogP contribution < -0.4 is 5.73 Å². The molecule has 2 atom stereocenters. The van der Waals surface area contributed by atoms with Gasteiger partial charge in [-0.3, -0.25) is 4.90 Å². The highest BCUT2D eigenvalue weighted by Gasteiger charge is 2.32. The zero-order chi connectivity index (χ0) is 13.0. The summed E-state index contributed by atoms with van der Waals surface area (Å²) in [6, 6.07) is 9.81. The largest absolute Gasteiger partial charge is 0.394 e. The Morgan fingerprint density at radius 1 is 1.44 bits per heavy atom. The average Bonchev–Trinajstić information content (AvgIpc) is 2.87. The number of benzene rings is 1. The van der Waals surface area contributed by atoms with Crippen LogP contribution in [0, 0.1) is 0 Å². The minimum absolute atomic E-state index is 0.0504. The van der Waals surface area contributed by atoms with Crippen LogP contribution in [-0.4, -0.2) is 49.5 Å². The summed E-state index contributed by atoms with van der Waals surface area (Å²) < 4.78 is 5.35. The first-order valence-electron chi connectivity index (χ1n) is 6.38. The molecule has 0 bridgehead atoms. The molecule has 2 unspecified atom stereocenters. The molecule has 1 aliphatic heterocycles. The molecule has 1 aliphatic rings. The van der Waals surface area contributed by atoms with Gasteiger partial charge in [-0.15, -0.1) is 0 Å². The monoisotopic (exact) mass is 250 g/mol. The molecule has 0 aliphatic carbocycles. The van der Waals surface area contributed by atoms with Crippen LogP contribution in [0.5, 0.6) is 0 Å². The van der Waals surface area contributed by atoms with E-state index in [1.807, 2.05) is 30.3 Å². The van der Waals surface area contributed by atoms with Gasteiger partial charge in [-0.1, -0.05) is 30.3 Å². The summed E-state index contributed by atoms with van der Waals surface area (Å²) in [4.78, 5) is 2.26. The Morgan fingerprint density at radius 3 is 2.72 bits per heavy atom. The van der Waals surface area contributed by atoms with E-state index in [-0.39, 0.29) is 6.61 Å². The molecule has 1 aromatic carbocycles. The molecule has 1 heterocycles. The maximum absolute atomic E-state index is 9.64. The highest BCUT2D eigenvalue weighted by Crippen LogP contribution is 2.22. The number of hydrogen-bond acceptors (Lipinski definition) is 4. The summed E-state index contributed by atoms with van der Waals surface area (Å²) in [6.45, 7) is 2.48. The fraction of sp³-hybridized carbons (Fsp3) is 0.571. The van der Waals surface area contributed by atoms with Gasteiger partial charge < -0.3 is 15.6 Å². The van der Waals surface area contributed by atoms with Crippen molar-refractivity contribution in [3.8, 4) is 0 Å². The van der Waals surface area contributed by atoms with E-state index in [4.69, 9.17) is 10.5 Å². The lowest BCUT2D eigenvalue weighted by atomic mass is 9.91. The maximum Gasteiger partial charge on any atom is 0.0772 e. The number of nitrogens with zero attached hydrogens (tertiary/aromatic N) is 1. The fourth-order valence-corrected chi connectivity index (χ4v) is 2.53. The molecule has 1 aromatic rings. The lowest BCUT2D eigenvalue weighted by molar-refractivity contribution is 0.0970. The molecule has 4 heteroatoms. The van der Waals surface area contributed by atoms with Crippen LogP contribution in [0.15, 0.2) is 30.3 Å². The van der Waals surface area contributed by atoms with Crippen molar-refractivity contribution in [3.63, 3.8) is 0 Å². The Labute approximate surface area is 108 Å². The number of methoxy groups -OCH3 is 1. The van der Waals surface area contributed by atoms with Gasteiger partial charge in [-0.25, -0.2) is 0 Å². The number of aliphatic hydroxyl groups is 1. The lowest BCUT2D eigenvalue weighted by Gasteiger charge is -2.32. The minimum atomic E-state index is -0.691. The van der Waals surface area contributed by atoms with Crippen molar-refractivity contribution in [2.75, 3.05) is 33.4 Å². The molecule has 4 nitrogen and oxygen atoms in total. The summed E-state index contributed by atoms with van der Waals surface area (Å²) in [5, 5.41) is 9.64. The van der Waals surface area contributed by atoms with Crippen molar-refractivity contribution in [1.29, 1.82) is 0 Å². The first kappa shape index (κ1) is 13.5. The van der Waals surface area contributed by atoms with Crippen LogP contribution in [0.4, 0.5) is 0 Å². The van der Waals surface area contributed by atoms with E-state index in [1.54, 1.807) is 7.11 Å². The minimum Gasteiger partial charge on any atom is -0.394 e. The summed E-state index contributed by atoms with van der Waals surface area (Å²) >= 11 is 0. The normalized spacial score (nSPS) is 24.1. The molecule has 0 aromatic heterocycles. The average molecular weight is 250 g/mol. The van der Waals surface area contributed by atoms with Gasteiger partial charge in [0, 0.05) is 26.7 Å². The van der Waals surface area contributed by atoms with Crippen molar-refractivity contribution in [2.24, 2.45) is 5.73 Å². The van der Waals surface area contributed by atoms with E-state index in [0.29, 0.717) is 12.6 Å². The Hall–Kier alpha value is -0.940. The molecule has 3 N–H and O–H groups in total. The van der Waals surface area contributed by atoms with Gasteiger partial charge in [0.15, 0.2) is 0 Å². The second-order valence-electron chi connectivity index (χ2n) is 5.06. The van der Waals surface area contributed by atoms with E-state index >= 15 is 0 Å². The number of ether oxygens (including phenoxy) is 1. The van der Waals surface area contributed by atoms with E-state index in [0.717, 1.165) is 25.1 Å². The maximum atomic E-state index is 9.64. The molecular formula is C14H22N2O2. The third-order valence-corrected chi connectivity index (χ3v) is 3.70. The zero-order valence-corrected chi connectivity index (χ0v) is 10.9. The number of hydrogen-bond donors (Lipinski definition) is 2. The number of likely N-dealkylation sites (tertiary alicyclic amines) is 1. The van der Waals surface area contributed by atoms with Gasteiger partial charge in [0.1, 0.15) is 0 Å². The van der Waals surface area contributed by atoms with Gasteiger partial charge in [0.2, 0.25) is 0 Å². The Kier molecular flexibility index (Phi) is 4.35. The number of aliphatic hydroxyl groups excluding tert-OH is 1. The lowest BCUT2D eigenvalue weighted by Crippen LogP contribution is -2.50. The molecular weight excluding hydrogens is 228 g/mol. The van der Waals surface area contributed by atoms with Crippen LogP contribution in [0.2, 0.25) is 0 Å². The smallest absolute Gasteiger partial charge is 0.0772 e. The van der Waals surface area contributed by atoms with Crippen LogP contribution in [0.3, 0.4) is 0 Å². The summed E-state index contributed by atoms with van der Waals surface area (Å²) in [7, 11) is 1.74. The van der Waals surface area contributed by atoms with E-state index < -0.39 is 5.54 Å². The van der Waals surface area contributed by atoms with Gasteiger partial charge in [0.25, 0.3) is 0 Å². The Bertz CT molecular complexity index is 371. The molecule has 0 spiro atoms. The Morgan fingerprint density at radius 2 is 2.17 bits per heavy atom. The summed E-state index contributed by atoms with van der Waals surface area (Å²) in [6.07, 6.45) is 1.33. The van der Waals surface area contributed by atoms with Crippen molar-refractivity contribution in [3.05, 3.63) is 35.9 Å². The topological polar surface area (TPSA) is 58.7 Å². The van der Waals surface area contributed by atoms with Gasteiger partial charge >= 0.3 is 0 Å². The van der Waals surface area contributed by atoms with Crippen LogP contribution in [-0.2, 0) is 10.3 Å². The van der Waals surface area contributed by atoms with E-state index in [9.17, 15) is 5.11 Å². The molecule has 0 amide bonds.